The average molecular weight is 417 g/mol. The van der Waals surface area contributed by atoms with Crippen LogP contribution in [0.4, 0.5) is 0 Å². The Morgan fingerprint density at radius 2 is 2.03 bits per heavy atom. The van der Waals surface area contributed by atoms with Crippen LogP contribution in [0.2, 0.25) is 0 Å². The molecule has 158 valence electrons. The number of carbonyl (C=O) groups excluding carboxylic acids is 2. The first kappa shape index (κ1) is 20.7. The number of hydrogen-bond acceptors (Lipinski definition) is 5. The first-order valence-corrected chi connectivity index (χ1v) is 12.0. The van der Waals surface area contributed by atoms with Crippen molar-refractivity contribution >= 4 is 23.6 Å². The molecule has 1 saturated carbocycles. The highest BCUT2D eigenvalue weighted by Crippen LogP contribution is 2.45. The van der Waals surface area contributed by atoms with Gasteiger partial charge in [-0.25, -0.2) is 0 Å². The molecule has 1 saturated heterocycles. The van der Waals surface area contributed by atoms with E-state index in [1.807, 2.05) is 17.8 Å². The molecule has 4 rings (SSSR count). The second kappa shape index (κ2) is 9.09. The van der Waals surface area contributed by atoms with Crippen LogP contribution in [0, 0.1) is 5.41 Å². The number of likely N-dealkylation sites (tertiary alicyclic amines) is 1. The number of carbonyl (C=O) groups is 2. The van der Waals surface area contributed by atoms with Crippen molar-refractivity contribution in [3.8, 4) is 5.75 Å². The Bertz CT molecular complexity index is 746. The molecule has 2 fully saturated rings. The largest absolute Gasteiger partial charge is 0.496 e. The van der Waals surface area contributed by atoms with Crippen LogP contribution in [0.25, 0.3) is 0 Å². The third-order valence-corrected chi connectivity index (χ3v) is 8.00. The molecule has 3 aliphatic rings. The Hall–Kier alpha value is -1.53. The molecule has 1 aromatic rings. The molecule has 1 aromatic carbocycles. The van der Waals surface area contributed by atoms with Crippen molar-refractivity contribution in [1.29, 1.82) is 0 Å². The zero-order chi connectivity index (χ0) is 20.3. The predicted molar refractivity (Wildman–Crippen MR) is 115 cm³/mol. The molecule has 1 N–H and O–H groups in total. The molecular formula is C23H32N2O3S. The zero-order valence-electron chi connectivity index (χ0n) is 17.4. The Balaban J connectivity index is 1.21. The van der Waals surface area contributed by atoms with E-state index >= 15 is 0 Å². The van der Waals surface area contributed by atoms with Gasteiger partial charge >= 0.3 is 0 Å². The second-order valence-corrected chi connectivity index (χ2v) is 9.74. The van der Waals surface area contributed by atoms with Crippen molar-refractivity contribution in [3.63, 3.8) is 0 Å². The van der Waals surface area contributed by atoms with Crippen molar-refractivity contribution in [2.24, 2.45) is 5.41 Å². The van der Waals surface area contributed by atoms with Gasteiger partial charge in [-0.1, -0.05) is 25.3 Å². The van der Waals surface area contributed by atoms with Crippen LogP contribution in [0.15, 0.2) is 23.1 Å². The molecule has 1 atom stereocenters. The maximum atomic E-state index is 12.9. The van der Waals surface area contributed by atoms with Crippen molar-refractivity contribution in [2.75, 3.05) is 26.0 Å². The van der Waals surface area contributed by atoms with Crippen LogP contribution >= 0.6 is 11.8 Å². The minimum atomic E-state index is -0.348. The highest BCUT2D eigenvalue weighted by molar-refractivity contribution is 7.99. The second-order valence-electron chi connectivity index (χ2n) is 8.68. The number of imide groups is 1. The fourth-order valence-corrected chi connectivity index (χ4v) is 6.26. The molecule has 0 bridgehead atoms. The van der Waals surface area contributed by atoms with E-state index in [0.29, 0.717) is 19.0 Å². The van der Waals surface area contributed by atoms with E-state index < -0.39 is 0 Å². The third-order valence-electron chi connectivity index (χ3n) is 6.74. The number of fused-ring (bicyclic) bond motifs is 1. The molecule has 1 unspecified atom stereocenters. The molecule has 2 amide bonds. The molecule has 1 aliphatic carbocycles. The minimum absolute atomic E-state index is 0.0530. The van der Waals surface area contributed by atoms with E-state index in [1.165, 1.54) is 16.9 Å². The minimum Gasteiger partial charge on any atom is -0.496 e. The third kappa shape index (κ3) is 4.33. The van der Waals surface area contributed by atoms with E-state index in [0.717, 1.165) is 63.0 Å². The van der Waals surface area contributed by atoms with Crippen LogP contribution in [0.3, 0.4) is 0 Å². The quantitative estimate of drug-likeness (QED) is 0.541. The number of ether oxygens (including phenoxy) is 1. The number of nitrogens with zero attached hydrogens (tertiary/aromatic N) is 1. The van der Waals surface area contributed by atoms with Gasteiger partial charge in [0.1, 0.15) is 5.75 Å². The summed E-state index contributed by atoms with van der Waals surface area (Å²) in [6, 6.07) is 6.69. The summed E-state index contributed by atoms with van der Waals surface area (Å²) in [4.78, 5) is 28.2. The number of thioether (sulfide) groups is 1. The Kier molecular flexibility index (Phi) is 6.50. The molecule has 29 heavy (non-hydrogen) atoms. The van der Waals surface area contributed by atoms with E-state index in [-0.39, 0.29) is 17.2 Å². The number of methoxy groups -OCH3 is 1. The normalized spacial score (nSPS) is 23.5. The summed E-state index contributed by atoms with van der Waals surface area (Å²) in [6.07, 6.45) is 8.46. The van der Waals surface area contributed by atoms with Gasteiger partial charge in [-0.05, 0) is 50.8 Å². The topological polar surface area (TPSA) is 58.6 Å². The highest BCUT2D eigenvalue weighted by atomic mass is 32.2. The van der Waals surface area contributed by atoms with Gasteiger partial charge in [0.15, 0.2) is 0 Å². The van der Waals surface area contributed by atoms with Gasteiger partial charge in [-0.2, -0.15) is 0 Å². The summed E-state index contributed by atoms with van der Waals surface area (Å²) >= 11 is 1.88. The summed E-state index contributed by atoms with van der Waals surface area (Å²) in [5.74, 6) is 2.20. The summed E-state index contributed by atoms with van der Waals surface area (Å²) in [5, 5.41) is 3.65. The monoisotopic (exact) mass is 416 g/mol. The van der Waals surface area contributed by atoms with Crippen LogP contribution in [-0.4, -0.2) is 48.7 Å². The Labute approximate surface area is 177 Å². The zero-order valence-corrected chi connectivity index (χ0v) is 18.2. The molecule has 0 aromatic heterocycles. The lowest BCUT2D eigenvalue weighted by atomic mass is 9.73. The van der Waals surface area contributed by atoms with Gasteiger partial charge in [0.2, 0.25) is 11.8 Å². The first-order valence-electron chi connectivity index (χ1n) is 11.0. The standard InChI is InChI=1S/C23H32N2O3S/c1-28-19-8-7-9-20-18(19)14-17(16-29-20)24-12-5-6-13-25-21(26)15-23(22(25)27)10-3-2-4-11-23/h7-9,17,24H,2-6,10-16H2,1H3. The Morgan fingerprint density at radius 3 is 2.83 bits per heavy atom. The number of rotatable bonds is 7. The molecule has 6 heteroatoms. The lowest BCUT2D eigenvalue weighted by Crippen LogP contribution is -2.38. The van der Waals surface area contributed by atoms with Gasteiger partial charge in [0.05, 0.1) is 12.5 Å². The summed E-state index contributed by atoms with van der Waals surface area (Å²) in [7, 11) is 1.73. The van der Waals surface area contributed by atoms with E-state index in [9.17, 15) is 9.59 Å². The van der Waals surface area contributed by atoms with Gasteiger partial charge in [0.25, 0.3) is 0 Å². The van der Waals surface area contributed by atoms with Gasteiger partial charge in [-0.3, -0.25) is 14.5 Å². The number of hydrogen-bond donors (Lipinski definition) is 1. The molecule has 1 spiro atoms. The highest BCUT2D eigenvalue weighted by Gasteiger charge is 2.51. The van der Waals surface area contributed by atoms with E-state index in [1.54, 1.807) is 12.0 Å². The number of amides is 2. The summed E-state index contributed by atoms with van der Waals surface area (Å²) in [5.41, 5.74) is 0.953. The van der Waals surface area contributed by atoms with Crippen molar-refractivity contribution in [2.45, 2.75) is 68.7 Å². The maximum Gasteiger partial charge on any atom is 0.235 e. The SMILES string of the molecule is COc1cccc2c1CC(NCCCCN1C(=O)CC3(CCCCC3)C1=O)CS2. The predicted octanol–water partition coefficient (Wildman–Crippen LogP) is 3.79. The molecule has 5 nitrogen and oxygen atoms in total. The lowest BCUT2D eigenvalue weighted by Gasteiger charge is -2.30. The fourth-order valence-electron chi connectivity index (χ4n) is 5.11. The molecule has 2 heterocycles. The van der Waals surface area contributed by atoms with Gasteiger partial charge in [-0.15, -0.1) is 11.8 Å². The smallest absolute Gasteiger partial charge is 0.235 e. The van der Waals surface area contributed by atoms with Crippen LogP contribution in [0.1, 0.15) is 56.9 Å². The van der Waals surface area contributed by atoms with E-state index in [2.05, 4.69) is 17.4 Å². The fraction of sp³-hybridized carbons (Fsp3) is 0.652. The average Bonchev–Trinajstić information content (AvgIpc) is 2.97. The first-order chi connectivity index (χ1) is 14.1. The van der Waals surface area contributed by atoms with Crippen molar-refractivity contribution in [1.82, 2.24) is 10.2 Å². The van der Waals surface area contributed by atoms with Crippen molar-refractivity contribution in [3.05, 3.63) is 23.8 Å². The molecule has 0 radical (unpaired) electrons. The van der Waals surface area contributed by atoms with Gasteiger partial charge in [0, 0.05) is 35.2 Å². The van der Waals surface area contributed by atoms with Crippen LogP contribution < -0.4 is 10.1 Å². The van der Waals surface area contributed by atoms with Crippen LogP contribution in [-0.2, 0) is 16.0 Å². The molecular weight excluding hydrogens is 384 g/mol. The maximum absolute atomic E-state index is 12.9. The van der Waals surface area contributed by atoms with Crippen LogP contribution in [0.5, 0.6) is 5.75 Å². The number of unbranched alkanes of at least 4 members (excludes halogenated alkanes) is 1. The number of benzene rings is 1. The van der Waals surface area contributed by atoms with Gasteiger partial charge < -0.3 is 10.1 Å². The summed E-state index contributed by atoms with van der Waals surface area (Å²) < 4.78 is 5.52. The lowest BCUT2D eigenvalue weighted by molar-refractivity contribution is -0.142. The molecule has 2 aliphatic heterocycles. The number of nitrogens with one attached hydrogen (secondary N) is 1. The van der Waals surface area contributed by atoms with E-state index in [4.69, 9.17) is 4.74 Å². The van der Waals surface area contributed by atoms with Crippen molar-refractivity contribution < 1.29 is 14.3 Å². The Morgan fingerprint density at radius 1 is 1.21 bits per heavy atom. The summed E-state index contributed by atoms with van der Waals surface area (Å²) in [6.45, 7) is 1.49.